The van der Waals surface area contributed by atoms with Crippen LogP contribution in [0.25, 0.3) is 0 Å². The van der Waals surface area contributed by atoms with Gasteiger partial charge in [-0.15, -0.1) is 0 Å². The van der Waals surface area contributed by atoms with Crippen molar-refractivity contribution in [3.05, 3.63) is 24.0 Å². The maximum Gasteiger partial charge on any atom is 0.305 e. The summed E-state index contributed by atoms with van der Waals surface area (Å²) in [6, 6.07) is 3.86. The molecular formula is C22H34N2O6. The van der Waals surface area contributed by atoms with Crippen LogP contribution in [0.4, 0.5) is 0 Å². The second kappa shape index (κ2) is 13.2. The van der Waals surface area contributed by atoms with Crippen LogP contribution in [0.1, 0.15) is 57.6 Å². The van der Waals surface area contributed by atoms with Crippen LogP contribution >= 0.6 is 0 Å². The molecule has 8 nitrogen and oxygen atoms in total. The van der Waals surface area contributed by atoms with Gasteiger partial charge < -0.3 is 24.6 Å². The predicted molar refractivity (Wildman–Crippen MR) is 111 cm³/mol. The summed E-state index contributed by atoms with van der Waals surface area (Å²) in [5.41, 5.74) is 0.820. The molecular weight excluding hydrogens is 388 g/mol. The van der Waals surface area contributed by atoms with Crippen molar-refractivity contribution in [1.29, 1.82) is 0 Å². The van der Waals surface area contributed by atoms with Crippen LogP contribution < -0.4 is 4.74 Å². The van der Waals surface area contributed by atoms with Crippen LogP contribution in [0, 0.1) is 0 Å². The van der Waals surface area contributed by atoms with E-state index in [4.69, 9.17) is 14.6 Å². The zero-order valence-electron chi connectivity index (χ0n) is 17.8. The molecule has 30 heavy (non-hydrogen) atoms. The van der Waals surface area contributed by atoms with Gasteiger partial charge in [0.2, 0.25) is 5.91 Å². The van der Waals surface area contributed by atoms with Gasteiger partial charge in [0.15, 0.2) is 0 Å². The first-order valence-corrected chi connectivity index (χ1v) is 10.8. The SMILES string of the molecule is CCOc1ccc(CC(O)CC[C@H]2CCCC(=O)N2CCCOCCC(=O)O)nc1. The van der Waals surface area contributed by atoms with E-state index >= 15 is 0 Å². The number of amides is 1. The molecule has 0 aromatic carbocycles. The molecule has 0 saturated carbocycles. The van der Waals surface area contributed by atoms with Gasteiger partial charge in [0, 0.05) is 37.7 Å². The van der Waals surface area contributed by atoms with Crippen molar-refractivity contribution in [1.82, 2.24) is 9.88 Å². The monoisotopic (exact) mass is 422 g/mol. The van der Waals surface area contributed by atoms with Crippen LogP contribution in [0.2, 0.25) is 0 Å². The largest absolute Gasteiger partial charge is 0.492 e. The van der Waals surface area contributed by atoms with Gasteiger partial charge in [-0.2, -0.15) is 0 Å². The number of ether oxygens (including phenoxy) is 2. The quantitative estimate of drug-likeness (QED) is 0.443. The van der Waals surface area contributed by atoms with Gasteiger partial charge >= 0.3 is 5.97 Å². The van der Waals surface area contributed by atoms with Gasteiger partial charge in [0.25, 0.3) is 0 Å². The first-order chi connectivity index (χ1) is 14.5. The van der Waals surface area contributed by atoms with Crippen LogP contribution in [0.5, 0.6) is 5.75 Å². The molecule has 1 saturated heterocycles. The predicted octanol–water partition coefficient (Wildman–Crippen LogP) is 2.43. The number of carboxylic acid groups (broad SMARTS) is 1. The fourth-order valence-electron chi connectivity index (χ4n) is 3.71. The third-order valence-corrected chi connectivity index (χ3v) is 5.22. The molecule has 168 valence electrons. The summed E-state index contributed by atoms with van der Waals surface area (Å²) in [5.74, 6) is -0.00115. The first kappa shape index (κ1) is 24.1. The van der Waals surface area contributed by atoms with Crippen molar-refractivity contribution in [3.8, 4) is 5.75 Å². The van der Waals surface area contributed by atoms with Gasteiger partial charge in [-0.3, -0.25) is 14.6 Å². The molecule has 2 atom stereocenters. The molecule has 1 aliphatic rings. The van der Waals surface area contributed by atoms with Crippen LogP contribution in [0.3, 0.4) is 0 Å². The molecule has 1 aromatic heterocycles. The summed E-state index contributed by atoms with van der Waals surface area (Å²) in [4.78, 5) is 29.1. The Kier molecular flexibility index (Phi) is 10.6. The number of carbonyl (C=O) groups excluding carboxylic acids is 1. The number of carbonyl (C=O) groups is 2. The third-order valence-electron chi connectivity index (χ3n) is 5.22. The number of hydrogen-bond acceptors (Lipinski definition) is 6. The van der Waals surface area contributed by atoms with Crippen molar-refractivity contribution in [3.63, 3.8) is 0 Å². The zero-order valence-corrected chi connectivity index (χ0v) is 17.8. The number of carboxylic acids is 1. The molecule has 0 radical (unpaired) electrons. The average molecular weight is 423 g/mol. The molecule has 0 bridgehead atoms. The number of aliphatic hydroxyl groups is 1. The number of pyridine rings is 1. The topological polar surface area (TPSA) is 109 Å². The number of likely N-dealkylation sites (tertiary alicyclic amines) is 1. The van der Waals surface area contributed by atoms with Crippen molar-refractivity contribution < 1.29 is 29.3 Å². The van der Waals surface area contributed by atoms with Crippen LogP contribution in [-0.4, -0.2) is 70.5 Å². The number of rotatable bonds is 14. The van der Waals surface area contributed by atoms with E-state index in [-0.39, 0.29) is 25.0 Å². The van der Waals surface area contributed by atoms with Crippen molar-refractivity contribution in [2.45, 2.75) is 70.4 Å². The van der Waals surface area contributed by atoms with Crippen LogP contribution in [0.15, 0.2) is 18.3 Å². The van der Waals surface area contributed by atoms with E-state index in [9.17, 15) is 14.7 Å². The van der Waals surface area contributed by atoms with E-state index in [1.54, 1.807) is 6.20 Å². The van der Waals surface area contributed by atoms with E-state index in [1.807, 2.05) is 24.0 Å². The van der Waals surface area contributed by atoms with Gasteiger partial charge in [-0.25, -0.2) is 0 Å². The molecule has 1 fully saturated rings. The second-order valence-electron chi connectivity index (χ2n) is 7.60. The molecule has 1 unspecified atom stereocenters. The van der Waals surface area contributed by atoms with E-state index in [2.05, 4.69) is 4.98 Å². The maximum atomic E-state index is 12.4. The Hall–Kier alpha value is -2.19. The minimum Gasteiger partial charge on any atom is -0.492 e. The Morgan fingerprint density at radius 3 is 2.90 bits per heavy atom. The van der Waals surface area contributed by atoms with E-state index in [1.165, 1.54) is 0 Å². The number of hydrogen-bond donors (Lipinski definition) is 2. The second-order valence-corrected chi connectivity index (χ2v) is 7.60. The lowest BCUT2D eigenvalue weighted by molar-refractivity contribution is -0.138. The summed E-state index contributed by atoms with van der Waals surface area (Å²) in [7, 11) is 0. The highest BCUT2D eigenvalue weighted by atomic mass is 16.5. The standard InChI is InChI=1S/C22H34N2O6/c1-2-30-20-10-7-17(23-16-20)15-19(25)9-8-18-5-3-6-21(26)24(18)12-4-13-29-14-11-22(27)28/h7,10,16,18-19,25H,2-6,8-9,11-15H2,1H3,(H,27,28)/t18-,19?/m1/s1. The molecule has 8 heteroatoms. The molecule has 1 amide bonds. The minimum atomic E-state index is -0.875. The summed E-state index contributed by atoms with van der Waals surface area (Å²) in [5, 5.41) is 19.0. The van der Waals surface area contributed by atoms with Gasteiger partial charge in [-0.05, 0) is 51.2 Å². The lowest BCUT2D eigenvalue weighted by atomic mass is 9.95. The number of nitrogens with zero attached hydrogens (tertiary/aromatic N) is 2. The van der Waals surface area contributed by atoms with Crippen molar-refractivity contribution >= 4 is 11.9 Å². The highest BCUT2D eigenvalue weighted by Crippen LogP contribution is 2.23. The number of piperidine rings is 1. The Balaban J connectivity index is 1.73. The summed E-state index contributed by atoms with van der Waals surface area (Å²) >= 11 is 0. The molecule has 0 aliphatic carbocycles. The summed E-state index contributed by atoms with van der Waals surface area (Å²) in [6.45, 7) is 3.75. The first-order valence-electron chi connectivity index (χ1n) is 10.8. The van der Waals surface area contributed by atoms with Gasteiger partial charge in [-0.1, -0.05) is 0 Å². The Morgan fingerprint density at radius 2 is 2.20 bits per heavy atom. The Labute approximate surface area is 178 Å². The van der Waals surface area contributed by atoms with Gasteiger partial charge in [0.1, 0.15) is 5.75 Å². The number of aliphatic hydroxyl groups excluding tert-OH is 1. The molecule has 2 N–H and O–H groups in total. The molecule has 2 heterocycles. The normalized spacial score (nSPS) is 17.7. The fraction of sp³-hybridized carbons (Fsp3) is 0.682. The molecule has 2 rings (SSSR count). The average Bonchev–Trinajstić information content (AvgIpc) is 2.71. The molecule has 1 aliphatic heterocycles. The maximum absolute atomic E-state index is 12.4. The molecule has 0 spiro atoms. The highest BCUT2D eigenvalue weighted by molar-refractivity contribution is 5.77. The van der Waals surface area contributed by atoms with E-state index < -0.39 is 12.1 Å². The third kappa shape index (κ3) is 8.67. The lowest BCUT2D eigenvalue weighted by Gasteiger charge is -2.36. The Morgan fingerprint density at radius 1 is 1.37 bits per heavy atom. The lowest BCUT2D eigenvalue weighted by Crippen LogP contribution is -2.44. The van der Waals surface area contributed by atoms with E-state index in [0.29, 0.717) is 45.4 Å². The highest BCUT2D eigenvalue weighted by Gasteiger charge is 2.27. The van der Waals surface area contributed by atoms with E-state index in [0.717, 1.165) is 30.7 Å². The number of aromatic nitrogens is 1. The summed E-state index contributed by atoms with van der Waals surface area (Å²) < 4.78 is 10.7. The number of aliphatic carboxylic acids is 1. The fourth-order valence-corrected chi connectivity index (χ4v) is 3.71. The van der Waals surface area contributed by atoms with Crippen molar-refractivity contribution in [2.75, 3.05) is 26.4 Å². The molecule has 1 aromatic rings. The Bertz CT molecular complexity index is 652. The van der Waals surface area contributed by atoms with Crippen LogP contribution in [-0.2, 0) is 20.7 Å². The minimum absolute atomic E-state index is 0.00757. The van der Waals surface area contributed by atoms with Gasteiger partial charge in [0.05, 0.1) is 31.9 Å². The smallest absolute Gasteiger partial charge is 0.305 e. The zero-order chi connectivity index (χ0) is 21.8. The van der Waals surface area contributed by atoms with Crippen molar-refractivity contribution in [2.24, 2.45) is 0 Å². The summed E-state index contributed by atoms with van der Waals surface area (Å²) in [6.07, 6.45) is 6.07.